The van der Waals surface area contributed by atoms with Gasteiger partial charge in [-0.15, -0.1) is 0 Å². The fourth-order valence-corrected chi connectivity index (χ4v) is 3.98. The van der Waals surface area contributed by atoms with Crippen LogP contribution < -0.4 is 0 Å². The van der Waals surface area contributed by atoms with Gasteiger partial charge in [-0.1, -0.05) is 0 Å². The monoisotopic (exact) mass is 322 g/mol. The molecule has 0 amide bonds. The number of rotatable bonds is 3. The Morgan fingerprint density at radius 1 is 1.18 bits per heavy atom. The summed E-state index contributed by atoms with van der Waals surface area (Å²) in [6.45, 7) is 0. The van der Waals surface area contributed by atoms with Crippen molar-refractivity contribution in [2.45, 2.75) is 30.2 Å². The minimum atomic E-state index is -3.42. The predicted molar refractivity (Wildman–Crippen MR) is 86.6 cm³/mol. The van der Waals surface area contributed by atoms with Crippen molar-refractivity contribution >= 4 is 21.0 Å². The molecule has 1 atom stereocenters. The third-order valence-electron chi connectivity index (χ3n) is 4.50. The molecule has 1 unspecified atom stereocenters. The molecular weight excluding hydrogens is 300 g/mol. The topological polar surface area (TPSA) is 53.8 Å². The Kier molecular flexibility index (Phi) is 3.79. The fraction of sp³-hybridized carbons (Fsp3) is 0.500. The lowest BCUT2D eigenvalue weighted by Gasteiger charge is -2.27. The number of hydrogen-bond donors (Lipinski definition) is 0. The third-order valence-corrected chi connectivity index (χ3v) is 6.31. The van der Waals surface area contributed by atoms with E-state index in [9.17, 15) is 8.42 Å². The summed E-state index contributed by atoms with van der Waals surface area (Å²) in [5.74, 6) is 1.01. The first-order valence-electron chi connectivity index (χ1n) is 7.44. The number of fused-ring (bicyclic) bond motifs is 3. The van der Waals surface area contributed by atoms with Crippen LogP contribution in [0.15, 0.2) is 27.5 Å². The third kappa shape index (κ3) is 2.45. The summed E-state index contributed by atoms with van der Waals surface area (Å²) in [6.07, 6.45) is 2.88. The molecule has 0 saturated heterocycles. The minimum Gasteiger partial charge on any atom is -0.461 e. The van der Waals surface area contributed by atoms with Gasteiger partial charge in [0.2, 0.25) is 10.0 Å². The number of sulfonamides is 1. The van der Waals surface area contributed by atoms with Crippen molar-refractivity contribution in [1.29, 1.82) is 0 Å². The van der Waals surface area contributed by atoms with E-state index >= 15 is 0 Å². The molecule has 0 radical (unpaired) electrons. The quantitative estimate of drug-likeness (QED) is 0.868. The second-order valence-corrected chi connectivity index (χ2v) is 8.46. The summed E-state index contributed by atoms with van der Waals surface area (Å²) >= 11 is 0. The van der Waals surface area contributed by atoms with Crippen LogP contribution in [-0.4, -0.2) is 51.9 Å². The molecule has 1 aromatic carbocycles. The zero-order valence-electron chi connectivity index (χ0n) is 13.5. The Morgan fingerprint density at radius 2 is 1.91 bits per heavy atom. The van der Waals surface area contributed by atoms with Gasteiger partial charge >= 0.3 is 0 Å². The highest BCUT2D eigenvalue weighted by atomic mass is 32.2. The Morgan fingerprint density at radius 3 is 2.55 bits per heavy atom. The average Bonchev–Trinajstić information content (AvgIpc) is 2.83. The highest BCUT2D eigenvalue weighted by Gasteiger charge is 2.27. The van der Waals surface area contributed by atoms with E-state index in [1.807, 2.05) is 0 Å². The molecule has 5 nitrogen and oxygen atoms in total. The van der Waals surface area contributed by atoms with Crippen molar-refractivity contribution in [1.82, 2.24) is 9.21 Å². The largest absolute Gasteiger partial charge is 0.461 e. The minimum absolute atomic E-state index is 0.320. The molecule has 120 valence electrons. The molecule has 0 fully saturated rings. The van der Waals surface area contributed by atoms with Crippen molar-refractivity contribution in [3.05, 3.63) is 29.5 Å². The van der Waals surface area contributed by atoms with E-state index in [4.69, 9.17) is 4.42 Å². The highest BCUT2D eigenvalue weighted by Crippen LogP contribution is 2.34. The maximum absolute atomic E-state index is 12.3. The van der Waals surface area contributed by atoms with Crippen LogP contribution in [0.2, 0.25) is 0 Å². The van der Waals surface area contributed by atoms with Crippen molar-refractivity contribution in [2.75, 3.05) is 28.2 Å². The molecule has 1 aliphatic rings. The summed E-state index contributed by atoms with van der Waals surface area (Å²) in [4.78, 5) is 2.54. The fourth-order valence-electron chi connectivity index (χ4n) is 3.05. The zero-order chi connectivity index (χ0) is 16.1. The number of aryl methyl sites for hydroxylation is 1. The van der Waals surface area contributed by atoms with Crippen LogP contribution in [0.25, 0.3) is 11.0 Å². The molecule has 0 spiro atoms. The molecule has 1 heterocycles. The molecule has 1 aromatic heterocycles. The Hall–Kier alpha value is -1.37. The van der Waals surface area contributed by atoms with E-state index in [1.54, 1.807) is 32.3 Å². The van der Waals surface area contributed by atoms with Crippen LogP contribution in [0.5, 0.6) is 0 Å². The van der Waals surface area contributed by atoms with Gasteiger partial charge < -0.3 is 9.32 Å². The van der Waals surface area contributed by atoms with E-state index < -0.39 is 10.0 Å². The molecule has 2 aromatic rings. The molecule has 0 bridgehead atoms. The Balaban J connectivity index is 2.12. The number of likely N-dealkylation sites (N-methyl/N-ethyl adjacent to an activating group) is 1. The van der Waals surface area contributed by atoms with Crippen molar-refractivity contribution < 1.29 is 12.8 Å². The van der Waals surface area contributed by atoms with E-state index in [0.29, 0.717) is 10.9 Å². The Bertz CT molecular complexity index is 806. The SMILES string of the molecule is CN(C)C1CCc2oc3ccc(S(=O)(=O)N(C)C)cc3c2C1. The second kappa shape index (κ2) is 5.37. The van der Waals surface area contributed by atoms with Gasteiger partial charge in [0, 0.05) is 37.5 Å². The van der Waals surface area contributed by atoms with Crippen LogP contribution in [-0.2, 0) is 22.9 Å². The molecule has 0 N–H and O–H groups in total. The number of furan rings is 1. The van der Waals surface area contributed by atoms with Gasteiger partial charge in [0.25, 0.3) is 0 Å². The van der Waals surface area contributed by atoms with Crippen molar-refractivity contribution in [3.63, 3.8) is 0 Å². The first-order chi connectivity index (χ1) is 10.3. The van der Waals surface area contributed by atoms with Gasteiger partial charge in [0.05, 0.1) is 4.90 Å². The molecule has 3 rings (SSSR count). The van der Waals surface area contributed by atoms with Crippen LogP contribution in [0, 0.1) is 0 Å². The van der Waals surface area contributed by atoms with E-state index in [2.05, 4.69) is 19.0 Å². The van der Waals surface area contributed by atoms with E-state index in [0.717, 1.165) is 41.6 Å². The molecule has 6 heteroatoms. The summed E-state index contributed by atoms with van der Waals surface area (Å²) in [5.41, 5.74) is 1.94. The lowest BCUT2D eigenvalue weighted by Crippen LogP contribution is -2.33. The first kappa shape index (κ1) is 15.5. The maximum atomic E-state index is 12.3. The molecule has 0 aliphatic heterocycles. The van der Waals surface area contributed by atoms with Crippen molar-refractivity contribution in [3.8, 4) is 0 Å². The van der Waals surface area contributed by atoms with Crippen LogP contribution in [0.4, 0.5) is 0 Å². The normalized spacial score (nSPS) is 19.1. The number of benzene rings is 1. The van der Waals surface area contributed by atoms with Gasteiger partial charge in [-0.3, -0.25) is 0 Å². The highest BCUT2D eigenvalue weighted by molar-refractivity contribution is 7.89. The van der Waals surface area contributed by atoms with Crippen LogP contribution in [0.1, 0.15) is 17.7 Å². The van der Waals surface area contributed by atoms with Gasteiger partial charge in [0.15, 0.2) is 0 Å². The van der Waals surface area contributed by atoms with Crippen LogP contribution >= 0.6 is 0 Å². The summed E-state index contributed by atoms with van der Waals surface area (Å²) in [7, 11) is 3.84. The van der Waals surface area contributed by atoms with Gasteiger partial charge in [-0.2, -0.15) is 0 Å². The van der Waals surface area contributed by atoms with Crippen LogP contribution in [0.3, 0.4) is 0 Å². The number of hydrogen-bond acceptors (Lipinski definition) is 4. The lowest BCUT2D eigenvalue weighted by atomic mass is 9.91. The maximum Gasteiger partial charge on any atom is 0.242 e. The summed E-state index contributed by atoms with van der Waals surface area (Å²) in [6, 6.07) is 5.62. The van der Waals surface area contributed by atoms with E-state index in [-0.39, 0.29) is 0 Å². The average molecular weight is 322 g/mol. The first-order valence-corrected chi connectivity index (χ1v) is 8.88. The lowest BCUT2D eigenvalue weighted by molar-refractivity contribution is 0.261. The smallest absolute Gasteiger partial charge is 0.242 e. The summed E-state index contributed by atoms with van der Waals surface area (Å²) < 4.78 is 31.8. The standard InChI is InChI=1S/C16H22N2O3S/c1-17(2)11-5-7-15-13(9-11)14-10-12(6-8-16(14)21-15)22(19,20)18(3)4/h6,8,10-11H,5,7,9H2,1-4H3. The second-order valence-electron chi connectivity index (χ2n) is 6.31. The molecular formula is C16H22N2O3S. The Labute approximate surface area is 131 Å². The summed E-state index contributed by atoms with van der Waals surface area (Å²) in [5, 5.41) is 0.935. The zero-order valence-corrected chi connectivity index (χ0v) is 14.3. The number of nitrogens with zero attached hydrogens (tertiary/aromatic N) is 2. The molecule has 1 aliphatic carbocycles. The van der Waals surface area contributed by atoms with Gasteiger partial charge in [-0.25, -0.2) is 12.7 Å². The molecule has 0 saturated carbocycles. The van der Waals surface area contributed by atoms with Crippen molar-refractivity contribution in [2.24, 2.45) is 0 Å². The van der Waals surface area contributed by atoms with E-state index in [1.165, 1.54) is 4.31 Å². The molecule has 22 heavy (non-hydrogen) atoms. The van der Waals surface area contributed by atoms with Gasteiger partial charge in [0.1, 0.15) is 11.3 Å². The predicted octanol–water partition coefficient (Wildman–Crippen LogP) is 2.10. The van der Waals surface area contributed by atoms with Gasteiger partial charge in [-0.05, 0) is 45.1 Å².